The Morgan fingerprint density at radius 2 is 1.90 bits per heavy atom. The summed E-state index contributed by atoms with van der Waals surface area (Å²) in [5.41, 5.74) is 8.32. The lowest BCUT2D eigenvalue weighted by Gasteiger charge is -1.94. The standard InChI is InChI=1S/C7H10N2O/c8-5-6-1-3-7(9-10)4-2-6/h1-4,9-10H,5,8H2/p+1. The normalized spacial score (nSPS) is 9.80. The van der Waals surface area contributed by atoms with Crippen LogP contribution in [0.1, 0.15) is 5.56 Å². The molecule has 0 saturated heterocycles. The van der Waals surface area contributed by atoms with Gasteiger partial charge < -0.3 is 5.73 Å². The minimum absolute atomic E-state index is 0.547. The van der Waals surface area contributed by atoms with Gasteiger partial charge in [0.05, 0.1) is 0 Å². The maximum atomic E-state index is 8.54. The van der Waals surface area contributed by atoms with Crippen LogP contribution in [0.3, 0.4) is 0 Å². The predicted molar refractivity (Wildman–Crippen MR) is 37.7 cm³/mol. The Morgan fingerprint density at radius 3 is 2.30 bits per heavy atom. The number of nitrogens with two attached hydrogens (primary N) is 2. The Morgan fingerprint density at radius 1 is 1.30 bits per heavy atom. The van der Waals surface area contributed by atoms with E-state index in [1.807, 2.05) is 24.3 Å². The summed E-state index contributed by atoms with van der Waals surface area (Å²) in [7, 11) is 0. The van der Waals surface area contributed by atoms with Gasteiger partial charge in [-0.25, -0.2) is 5.21 Å². The average molecular weight is 139 g/mol. The van der Waals surface area contributed by atoms with Crippen molar-refractivity contribution in [3.05, 3.63) is 29.8 Å². The van der Waals surface area contributed by atoms with E-state index in [-0.39, 0.29) is 0 Å². The number of rotatable bonds is 2. The van der Waals surface area contributed by atoms with Crippen molar-refractivity contribution in [3.8, 4) is 0 Å². The van der Waals surface area contributed by atoms with E-state index < -0.39 is 0 Å². The highest BCUT2D eigenvalue weighted by atomic mass is 16.5. The highest BCUT2D eigenvalue weighted by Gasteiger charge is 1.92. The van der Waals surface area contributed by atoms with E-state index in [9.17, 15) is 0 Å². The Labute approximate surface area is 59.4 Å². The first-order chi connectivity index (χ1) is 4.86. The third-order valence-corrected chi connectivity index (χ3v) is 1.36. The summed E-state index contributed by atoms with van der Waals surface area (Å²) in [6.07, 6.45) is 0. The van der Waals surface area contributed by atoms with E-state index in [4.69, 9.17) is 10.9 Å². The molecule has 1 aromatic rings. The van der Waals surface area contributed by atoms with Crippen molar-refractivity contribution >= 4 is 5.69 Å². The molecule has 5 N–H and O–H groups in total. The van der Waals surface area contributed by atoms with Crippen molar-refractivity contribution in [1.29, 1.82) is 0 Å². The van der Waals surface area contributed by atoms with Crippen LogP contribution in [-0.2, 0) is 6.54 Å². The van der Waals surface area contributed by atoms with Crippen molar-refractivity contribution in [3.63, 3.8) is 0 Å². The molecule has 0 aliphatic rings. The highest BCUT2D eigenvalue weighted by Crippen LogP contribution is 2.02. The highest BCUT2D eigenvalue weighted by molar-refractivity contribution is 5.31. The van der Waals surface area contributed by atoms with E-state index in [1.54, 1.807) is 0 Å². The van der Waals surface area contributed by atoms with Gasteiger partial charge in [-0.15, -0.1) is 0 Å². The van der Waals surface area contributed by atoms with Crippen LogP contribution >= 0.6 is 0 Å². The monoisotopic (exact) mass is 139 g/mol. The van der Waals surface area contributed by atoms with Gasteiger partial charge in [-0.2, -0.15) is 5.48 Å². The number of hydrogen-bond acceptors (Lipinski definition) is 2. The molecule has 1 aromatic carbocycles. The Balaban J connectivity index is 2.80. The summed E-state index contributed by atoms with van der Waals surface area (Å²) >= 11 is 0. The summed E-state index contributed by atoms with van der Waals surface area (Å²) in [5, 5.41) is 8.54. The molecule has 0 aliphatic carbocycles. The molecule has 0 fully saturated rings. The molecular weight excluding hydrogens is 128 g/mol. The topological polar surface area (TPSA) is 62.9 Å². The fourth-order valence-corrected chi connectivity index (χ4v) is 0.740. The smallest absolute Gasteiger partial charge is 0.161 e. The Hall–Kier alpha value is -0.900. The molecule has 0 saturated carbocycles. The molecule has 0 radical (unpaired) electrons. The van der Waals surface area contributed by atoms with Crippen LogP contribution in [0.15, 0.2) is 24.3 Å². The van der Waals surface area contributed by atoms with Gasteiger partial charge in [0.25, 0.3) is 0 Å². The van der Waals surface area contributed by atoms with Gasteiger partial charge in [0.1, 0.15) is 0 Å². The van der Waals surface area contributed by atoms with Crippen LogP contribution in [0.25, 0.3) is 0 Å². The second-order valence-corrected chi connectivity index (χ2v) is 2.07. The van der Waals surface area contributed by atoms with Crippen LogP contribution in [0, 0.1) is 0 Å². The Kier molecular flexibility index (Phi) is 2.39. The van der Waals surface area contributed by atoms with E-state index in [2.05, 4.69) is 0 Å². The molecule has 1 rings (SSSR count). The minimum Gasteiger partial charge on any atom is -0.326 e. The zero-order chi connectivity index (χ0) is 7.40. The lowest BCUT2D eigenvalue weighted by molar-refractivity contribution is -0.825. The van der Waals surface area contributed by atoms with E-state index in [0.29, 0.717) is 6.54 Å². The van der Waals surface area contributed by atoms with Crippen LogP contribution in [0.4, 0.5) is 5.69 Å². The van der Waals surface area contributed by atoms with Gasteiger partial charge in [-0.1, -0.05) is 12.1 Å². The van der Waals surface area contributed by atoms with Crippen molar-refractivity contribution < 1.29 is 10.7 Å². The maximum absolute atomic E-state index is 8.54. The first-order valence-electron chi connectivity index (χ1n) is 3.13. The minimum atomic E-state index is 0.547. The molecule has 0 aliphatic heterocycles. The molecule has 0 heterocycles. The summed E-state index contributed by atoms with van der Waals surface area (Å²) in [4.78, 5) is 0. The molecule has 0 bridgehead atoms. The van der Waals surface area contributed by atoms with Crippen molar-refractivity contribution in [1.82, 2.24) is 0 Å². The third-order valence-electron chi connectivity index (χ3n) is 1.36. The summed E-state index contributed by atoms with van der Waals surface area (Å²) in [6.45, 7) is 0.547. The number of benzene rings is 1. The SMILES string of the molecule is NCc1ccc([NH2+]O)cc1. The Bertz CT molecular complexity index is 172. The molecule has 3 heteroatoms. The van der Waals surface area contributed by atoms with Gasteiger partial charge in [0.2, 0.25) is 0 Å². The van der Waals surface area contributed by atoms with E-state index in [0.717, 1.165) is 16.7 Å². The first-order valence-corrected chi connectivity index (χ1v) is 3.13. The van der Waals surface area contributed by atoms with E-state index in [1.165, 1.54) is 0 Å². The fraction of sp³-hybridized carbons (Fsp3) is 0.143. The van der Waals surface area contributed by atoms with E-state index >= 15 is 0 Å². The van der Waals surface area contributed by atoms with Crippen molar-refractivity contribution in [2.75, 3.05) is 0 Å². The largest absolute Gasteiger partial charge is 0.326 e. The zero-order valence-electron chi connectivity index (χ0n) is 5.62. The summed E-state index contributed by atoms with van der Waals surface area (Å²) < 4.78 is 0. The van der Waals surface area contributed by atoms with Crippen molar-refractivity contribution in [2.24, 2.45) is 5.73 Å². The summed E-state index contributed by atoms with van der Waals surface area (Å²) in [5.74, 6) is 0. The average Bonchev–Trinajstić information content (AvgIpc) is 2.05. The van der Waals surface area contributed by atoms with Gasteiger partial charge in [-0.3, -0.25) is 0 Å². The van der Waals surface area contributed by atoms with Gasteiger partial charge in [-0.05, 0) is 5.56 Å². The lowest BCUT2D eigenvalue weighted by Crippen LogP contribution is -2.73. The molecule has 0 spiro atoms. The van der Waals surface area contributed by atoms with Crippen LogP contribution in [-0.4, -0.2) is 5.21 Å². The fourth-order valence-electron chi connectivity index (χ4n) is 0.740. The van der Waals surface area contributed by atoms with Crippen LogP contribution < -0.4 is 11.2 Å². The zero-order valence-corrected chi connectivity index (χ0v) is 5.62. The lowest BCUT2D eigenvalue weighted by atomic mass is 10.2. The van der Waals surface area contributed by atoms with Crippen molar-refractivity contribution in [2.45, 2.75) is 6.54 Å². The molecular formula is C7H11N2O+. The van der Waals surface area contributed by atoms with Crippen LogP contribution in [0.2, 0.25) is 0 Å². The van der Waals surface area contributed by atoms with Gasteiger partial charge in [0.15, 0.2) is 5.69 Å². The molecule has 54 valence electrons. The second-order valence-electron chi connectivity index (χ2n) is 2.07. The molecule has 0 atom stereocenters. The van der Waals surface area contributed by atoms with Gasteiger partial charge in [0, 0.05) is 18.7 Å². The quantitative estimate of drug-likeness (QED) is 0.390. The predicted octanol–water partition coefficient (Wildman–Crippen LogP) is -0.271. The molecule has 0 unspecified atom stereocenters. The molecule has 0 amide bonds. The number of quaternary nitrogens is 1. The second kappa shape index (κ2) is 3.31. The number of hydrogen-bond donors (Lipinski definition) is 3. The molecule has 0 aromatic heterocycles. The molecule has 3 nitrogen and oxygen atoms in total. The first kappa shape index (κ1) is 7.21. The van der Waals surface area contributed by atoms with Crippen LogP contribution in [0.5, 0.6) is 0 Å². The third kappa shape index (κ3) is 1.54. The maximum Gasteiger partial charge on any atom is 0.161 e. The summed E-state index contributed by atoms with van der Waals surface area (Å²) in [6, 6.07) is 7.43. The molecule has 10 heavy (non-hydrogen) atoms. The van der Waals surface area contributed by atoms with Gasteiger partial charge >= 0.3 is 0 Å².